The Labute approximate surface area is 66.7 Å². The fourth-order valence-electron chi connectivity index (χ4n) is 0.241. The first kappa shape index (κ1) is 12.8. The zero-order valence-electron chi connectivity index (χ0n) is 6.91. The molecule has 0 radical (unpaired) electrons. The van der Waals surface area contributed by atoms with Gasteiger partial charge in [-0.25, -0.2) is 0 Å². The Morgan fingerprint density at radius 1 is 1.91 bits per heavy atom. The van der Waals surface area contributed by atoms with Gasteiger partial charge in [0.25, 0.3) is 0 Å². The molecule has 0 aromatic rings. The molecule has 4 nitrogen and oxygen atoms in total. The summed E-state index contributed by atoms with van der Waals surface area (Å²) in [6.07, 6.45) is 0.454. The van der Waals surface area contributed by atoms with E-state index in [0.29, 0.717) is 6.61 Å². The van der Waals surface area contributed by atoms with Crippen LogP contribution in [0.1, 0.15) is 13.8 Å². The van der Waals surface area contributed by atoms with Crippen LogP contribution < -0.4 is 5.73 Å². The number of amides is 1. The van der Waals surface area contributed by atoms with E-state index < -0.39 is 12.2 Å². The smallest absolute Gasteiger partial charge is 0.240 e. The van der Waals surface area contributed by atoms with Crippen LogP contribution in [0.25, 0.3) is 0 Å². The minimum atomic E-state index is -0.602. The van der Waals surface area contributed by atoms with Crippen LogP contribution in [0.2, 0.25) is 0 Å². The summed E-state index contributed by atoms with van der Waals surface area (Å²) in [6, 6.07) is 0. The van der Waals surface area contributed by atoms with Gasteiger partial charge in [-0.2, -0.15) is 0 Å². The summed E-state index contributed by atoms with van der Waals surface area (Å²) in [5, 5.41) is 8.33. The van der Waals surface area contributed by atoms with E-state index in [1.165, 1.54) is 0 Å². The van der Waals surface area contributed by atoms with Crippen LogP contribution in [-0.4, -0.2) is 23.9 Å². The van der Waals surface area contributed by atoms with Gasteiger partial charge >= 0.3 is 0 Å². The molecule has 3 N–H and O–H groups in total. The van der Waals surface area contributed by atoms with Crippen molar-refractivity contribution in [3.63, 3.8) is 0 Å². The molecule has 4 heteroatoms. The van der Waals surface area contributed by atoms with Crippen molar-refractivity contribution in [1.29, 1.82) is 0 Å². The highest BCUT2D eigenvalue weighted by Crippen LogP contribution is 1.78. The minimum Gasteiger partial charge on any atom is -0.368 e. The Morgan fingerprint density at radius 3 is 2.27 bits per heavy atom. The number of rotatable bonds is 3. The lowest BCUT2D eigenvalue weighted by atomic mass is 10.6. The molecule has 0 spiro atoms. The van der Waals surface area contributed by atoms with Crippen molar-refractivity contribution in [3.05, 3.63) is 12.7 Å². The monoisotopic (exact) mass is 161 g/mol. The summed E-state index contributed by atoms with van der Waals surface area (Å²) in [5.74, 6) is -0.481. The molecular formula is C7H15NO3. The van der Waals surface area contributed by atoms with Crippen LogP contribution in [0.15, 0.2) is 12.7 Å². The number of carbonyl (C=O) groups is 1. The Morgan fingerprint density at radius 2 is 2.27 bits per heavy atom. The molecule has 0 saturated heterocycles. The molecule has 0 aromatic carbocycles. The SMILES string of the molecule is C=CC(N)=O.CCOC(C)O. The molecule has 0 rings (SSSR count). The highest BCUT2D eigenvalue weighted by Gasteiger charge is 1.85. The van der Waals surface area contributed by atoms with Gasteiger partial charge in [-0.15, -0.1) is 0 Å². The third kappa shape index (κ3) is 27.2. The second-order valence-electron chi connectivity index (χ2n) is 1.66. The molecule has 0 fully saturated rings. The summed E-state index contributed by atoms with van der Waals surface area (Å²) in [5.41, 5.74) is 4.53. The molecule has 11 heavy (non-hydrogen) atoms. The second-order valence-corrected chi connectivity index (χ2v) is 1.66. The van der Waals surface area contributed by atoms with E-state index in [-0.39, 0.29) is 0 Å². The molecule has 1 unspecified atom stereocenters. The summed E-state index contributed by atoms with van der Waals surface area (Å²) in [7, 11) is 0. The van der Waals surface area contributed by atoms with Crippen LogP contribution in [0.4, 0.5) is 0 Å². The lowest BCUT2D eigenvalue weighted by Crippen LogP contribution is -2.04. The number of aliphatic hydroxyl groups is 1. The van der Waals surface area contributed by atoms with Crippen molar-refractivity contribution in [1.82, 2.24) is 0 Å². The van der Waals surface area contributed by atoms with Crippen LogP contribution >= 0.6 is 0 Å². The van der Waals surface area contributed by atoms with Gasteiger partial charge in [0.15, 0.2) is 6.29 Å². The number of hydrogen-bond acceptors (Lipinski definition) is 3. The lowest BCUT2D eigenvalue weighted by Gasteiger charge is -1.99. The summed E-state index contributed by atoms with van der Waals surface area (Å²) in [4.78, 5) is 9.47. The Kier molecular flexibility index (Phi) is 10.6. The van der Waals surface area contributed by atoms with Gasteiger partial charge in [-0.1, -0.05) is 6.58 Å². The van der Waals surface area contributed by atoms with Gasteiger partial charge in [0, 0.05) is 6.61 Å². The molecule has 0 aliphatic carbocycles. The van der Waals surface area contributed by atoms with Gasteiger partial charge in [0.2, 0.25) is 5.91 Å². The predicted octanol–water partition coefficient (Wildman–Crippen LogP) is 0.0189. The Balaban J connectivity index is 0. The molecule has 0 heterocycles. The summed E-state index contributed by atoms with van der Waals surface area (Å²) in [6.45, 7) is 7.09. The molecule has 0 aliphatic rings. The van der Waals surface area contributed by atoms with E-state index in [2.05, 4.69) is 17.0 Å². The van der Waals surface area contributed by atoms with Crippen LogP contribution in [0.3, 0.4) is 0 Å². The molecule has 66 valence electrons. The lowest BCUT2D eigenvalue weighted by molar-refractivity contribution is -0.113. The highest BCUT2D eigenvalue weighted by atomic mass is 16.6. The van der Waals surface area contributed by atoms with E-state index in [4.69, 9.17) is 5.11 Å². The van der Waals surface area contributed by atoms with Crippen molar-refractivity contribution in [3.8, 4) is 0 Å². The quantitative estimate of drug-likeness (QED) is 0.452. The maximum absolute atomic E-state index is 9.47. The third-order valence-corrected chi connectivity index (χ3v) is 0.609. The van der Waals surface area contributed by atoms with Crippen molar-refractivity contribution in [2.24, 2.45) is 5.73 Å². The Bertz CT molecular complexity index is 112. The van der Waals surface area contributed by atoms with Crippen molar-refractivity contribution < 1.29 is 14.6 Å². The molecule has 0 aromatic heterocycles. The van der Waals surface area contributed by atoms with Gasteiger partial charge in [0.05, 0.1) is 0 Å². The molecule has 0 saturated carbocycles. The zero-order valence-corrected chi connectivity index (χ0v) is 6.91. The van der Waals surface area contributed by atoms with Crippen molar-refractivity contribution in [2.45, 2.75) is 20.1 Å². The highest BCUT2D eigenvalue weighted by molar-refractivity contribution is 5.84. The third-order valence-electron chi connectivity index (χ3n) is 0.609. The van der Waals surface area contributed by atoms with Crippen molar-refractivity contribution in [2.75, 3.05) is 6.61 Å². The Hall–Kier alpha value is -0.870. The number of primary amides is 1. The molecule has 0 aliphatic heterocycles. The van der Waals surface area contributed by atoms with Gasteiger partial charge in [0.1, 0.15) is 0 Å². The van der Waals surface area contributed by atoms with Gasteiger partial charge in [-0.05, 0) is 19.9 Å². The zero-order chi connectivity index (χ0) is 9.28. The number of nitrogens with two attached hydrogens (primary N) is 1. The summed E-state index contributed by atoms with van der Waals surface area (Å²) < 4.78 is 4.60. The first-order chi connectivity index (χ1) is 5.04. The van der Waals surface area contributed by atoms with Gasteiger partial charge < -0.3 is 15.6 Å². The standard InChI is InChI=1S/C4H10O2.C3H5NO/c1-3-6-4(2)5;1-2-3(4)5/h4-5H,3H2,1-2H3;2H,1H2,(H2,4,5). The first-order valence-electron chi connectivity index (χ1n) is 3.26. The maximum atomic E-state index is 9.47. The fourth-order valence-corrected chi connectivity index (χ4v) is 0.241. The van der Waals surface area contributed by atoms with Crippen molar-refractivity contribution >= 4 is 5.91 Å². The van der Waals surface area contributed by atoms with Crippen LogP contribution in [0, 0.1) is 0 Å². The van der Waals surface area contributed by atoms with E-state index in [9.17, 15) is 4.79 Å². The maximum Gasteiger partial charge on any atom is 0.240 e. The number of aliphatic hydroxyl groups excluding tert-OH is 1. The summed E-state index contributed by atoms with van der Waals surface area (Å²) >= 11 is 0. The van der Waals surface area contributed by atoms with Gasteiger partial charge in [-0.3, -0.25) is 4.79 Å². The molecular weight excluding hydrogens is 146 g/mol. The number of carbonyl (C=O) groups excluding carboxylic acids is 1. The molecule has 1 amide bonds. The topological polar surface area (TPSA) is 72.6 Å². The van der Waals surface area contributed by atoms with Crippen LogP contribution in [0.5, 0.6) is 0 Å². The largest absolute Gasteiger partial charge is 0.368 e. The second kappa shape index (κ2) is 9.13. The van der Waals surface area contributed by atoms with E-state index in [1.54, 1.807) is 6.92 Å². The number of hydrogen-bond donors (Lipinski definition) is 2. The number of ether oxygens (including phenoxy) is 1. The molecule has 1 atom stereocenters. The van der Waals surface area contributed by atoms with E-state index in [0.717, 1.165) is 6.08 Å². The average Bonchev–Trinajstić information content (AvgIpc) is 1.89. The fraction of sp³-hybridized carbons (Fsp3) is 0.571. The van der Waals surface area contributed by atoms with E-state index in [1.807, 2.05) is 6.92 Å². The average molecular weight is 161 g/mol. The van der Waals surface area contributed by atoms with Crippen LogP contribution in [-0.2, 0) is 9.53 Å². The molecule has 0 bridgehead atoms. The normalized spacial score (nSPS) is 10.8. The minimum absolute atomic E-state index is 0.481. The predicted molar refractivity (Wildman–Crippen MR) is 42.7 cm³/mol. The first-order valence-corrected chi connectivity index (χ1v) is 3.26. The van der Waals surface area contributed by atoms with E-state index >= 15 is 0 Å².